The van der Waals surface area contributed by atoms with Crippen molar-refractivity contribution >= 4 is 10.0 Å². The molecule has 0 spiro atoms. The highest BCUT2D eigenvalue weighted by molar-refractivity contribution is 7.89. The van der Waals surface area contributed by atoms with Gasteiger partial charge in [0.2, 0.25) is 15.9 Å². The Labute approximate surface area is 140 Å². The summed E-state index contributed by atoms with van der Waals surface area (Å²) in [6, 6.07) is 3.18. The predicted molar refractivity (Wildman–Crippen MR) is 83.3 cm³/mol. The molecule has 0 aromatic carbocycles. The van der Waals surface area contributed by atoms with E-state index in [1.807, 2.05) is 0 Å². The number of rotatable bonds is 6. The number of ether oxygens (including phenoxy) is 1. The van der Waals surface area contributed by atoms with Crippen molar-refractivity contribution in [1.82, 2.24) is 24.3 Å². The number of methoxy groups -OCH3 is 1. The lowest BCUT2D eigenvalue weighted by molar-refractivity contribution is 0.162. The largest absolute Gasteiger partial charge is 0.377 e. The quantitative estimate of drug-likeness (QED) is 0.721. The summed E-state index contributed by atoms with van der Waals surface area (Å²) >= 11 is 0. The SMILES string of the molecule is COCc1noc(CN2CCN(S(=O)(=O)c3cccnc3)CC2)n1. The molecule has 2 aromatic heterocycles. The van der Waals surface area contributed by atoms with Crippen molar-refractivity contribution in [3.05, 3.63) is 36.2 Å². The van der Waals surface area contributed by atoms with Crippen molar-refractivity contribution in [2.75, 3.05) is 33.3 Å². The van der Waals surface area contributed by atoms with Crippen molar-refractivity contribution in [1.29, 1.82) is 0 Å². The monoisotopic (exact) mass is 353 g/mol. The molecule has 0 atom stereocenters. The summed E-state index contributed by atoms with van der Waals surface area (Å²) in [5.41, 5.74) is 0. The van der Waals surface area contributed by atoms with Gasteiger partial charge in [-0.25, -0.2) is 8.42 Å². The second kappa shape index (κ2) is 7.34. The lowest BCUT2D eigenvalue weighted by Gasteiger charge is -2.33. The molecule has 1 aliphatic rings. The summed E-state index contributed by atoms with van der Waals surface area (Å²) < 4.78 is 36.7. The van der Waals surface area contributed by atoms with Crippen LogP contribution in [0.5, 0.6) is 0 Å². The van der Waals surface area contributed by atoms with Gasteiger partial charge < -0.3 is 9.26 Å². The molecule has 2 aromatic rings. The molecular weight excluding hydrogens is 334 g/mol. The minimum atomic E-state index is -3.49. The summed E-state index contributed by atoms with van der Waals surface area (Å²) in [7, 11) is -1.92. The maximum Gasteiger partial charge on any atom is 0.244 e. The number of hydrogen-bond donors (Lipinski definition) is 0. The molecule has 0 aliphatic carbocycles. The fourth-order valence-corrected chi connectivity index (χ4v) is 3.90. The highest BCUT2D eigenvalue weighted by Gasteiger charge is 2.29. The fourth-order valence-electron chi connectivity index (χ4n) is 2.51. The third-order valence-corrected chi connectivity index (χ3v) is 5.63. The minimum absolute atomic E-state index is 0.222. The zero-order valence-corrected chi connectivity index (χ0v) is 14.1. The summed E-state index contributed by atoms with van der Waals surface area (Å²) in [6.07, 6.45) is 2.93. The molecule has 1 aliphatic heterocycles. The van der Waals surface area contributed by atoms with Gasteiger partial charge in [0.1, 0.15) is 11.5 Å². The molecule has 0 amide bonds. The average Bonchev–Trinajstić information content (AvgIpc) is 3.04. The Morgan fingerprint density at radius 3 is 2.75 bits per heavy atom. The lowest BCUT2D eigenvalue weighted by Crippen LogP contribution is -2.48. The van der Waals surface area contributed by atoms with Crippen LogP contribution in [0.1, 0.15) is 11.7 Å². The molecule has 0 bridgehead atoms. The van der Waals surface area contributed by atoms with E-state index in [2.05, 4.69) is 20.0 Å². The minimum Gasteiger partial charge on any atom is -0.377 e. The van der Waals surface area contributed by atoms with Crippen LogP contribution in [0.4, 0.5) is 0 Å². The van der Waals surface area contributed by atoms with Gasteiger partial charge in [-0.2, -0.15) is 9.29 Å². The van der Waals surface area contributed by atoms with E-state index in [4.69, 9.17) is 9.26 Å². The molecule has 24 heavy (non-hydrogen) atoms. The maximum absolute atomic E-state index is 12.5. The van der Waals surface area contributed by atoms with Crippen molar-refractivity contribution in [2.24, 2.45) is 0 Å². The topological polar surface area (TPSA) is 102 Å². The fraction of sp³-hybridized carbons (Fsp3) is 0.500. The number of piperazine rings is 1. The van der Waals surface area contributed by atoms with Crippen LogP contribution < -0.4 is 0 Å². The first-order valence-electron chi connectivity index (χ1n) is 7.52. The van der Waals surface area contributed by atoms with Crippen LogP contribution in [0.2, 0.25) is 0 Å². The van der Waals surface area contributed by atoms with Crippen molar-refractivity contribution in [3.63, 3.8) is 0 Å². The van der Waals surface area contributed by atoms with E-state index < -0.39 is 10.0 Å². The molecule has 0 unspecified atom stereocenters. The third kappa shape index (κ3) is 3.78. The van der Waals surface area contributed by atoms with Crippen molar-refractivity contribution in [2.45, 2.75) is 18.0 Å². The van der Waals surface area contributed by atoms with Crippen molar-refractivity contribution in [3.8, 4) is 0 Å². The normalized spacial score (nSPS) is 17.2. The van der Waals surface area contributed by atoms with E-state index in [9.17, 15) is 8.42 Å². The summed E-state index contributed by atoms with van der Waals surface area (Å²) in [5.74, 6) is 1.01. The second-order valence-corrected chi connectivity index (χ2v) is 7.34. The van der Waals surface area contributed by atoms with Gasteiger partial charge in [-0.05, 0) is 12.1 Å². The van der Waals surface area contributed by atoms with Gasteiger partial charge in [0, 0.05) is 45.7 Å². The van der Waals surface area contributed by atoms with Crippen LogP contribution in [0.15, 0.2) is 33.9 Å². The molecule has 0 N–H and O–H groups in total. The van der Waals surface area contributed by atoms with Crippen LogP contribution in [0, 0.1) is 0 Å². The average molecular weight is 353 g/mol. The van der Waals surface area contributed by atoms with Gasteiger partial charge in [-0.15, -0.1) is 0 Å². The summed E-state index contributed by atoms with van der Waals surface area (Å²) in [5, 5.41) is 3.81. The van der Waals surface area contributed by atoms with E-state index in [0.29, 0.717) is 51.0 Å². The third-order valence-electron chi connectivity index (χ3n) is 3.75. The van der Waals surface area contributed by atoms with E-state index >= 15 is 0 Å². The van der Waals surface area contributed by atoms with Gasteiger partial charge in [0.05, 0.1) is 6.54 Å². The van der Waals surface area contributed by atoms with Crippen molar-refractivity contribution < 1.29 is 17.7 Å². The van der Waals surface area contributed by atoms with Gasteiger partial charge in [0.25, 0.3) is 0 Å². The van der Waals surface area contributed by atoms with E-state index in [-0.39, 0.29) is 4.90 Å². The van der Waals surface area contributed by atoms with Gasteiger partial charge in [-0.3, -0.25) is 9.88 Å². The molecule has 1 saturated heterocycles. The molecule has 1 fully saturated rings. The Balaban J connectivity index is 1.57. The molecule has 0 radical (unpaired) electrons. The standard InChI is InChI=1S/C14H19N5O4S/c1-22-11-13-16-14(23-17-13)10-18-5-7-19(8-6-18)24(20,21)12-3-2-4-15-9-12/h2-4,9H,5-8,10-11H2,1H3. The molecule has 3 heterocycles. The zero-order chi connectivity index (χ0) is 17.0. The Morgan fingerprint density at radius 2 is 2.08 bits per heavy atom. The summed E-state index contributed by atoms with van der Waals surface area (Å²) in [6.45, 7) is 2.83. The highest BCUT2D eigenvalue weighted by atomic mass is 32.2. The first kappa shape index (κ1) is 17.0. The molecule has 10 heteroatoms. The highest BCUT2D eigenvalue weighted by Crippen LogP contribution is 2.17. The maximum atomic E-state index is 12.5. The Kier molecular flexibility index (Phi) is 5.19. The number of aromatic nitrogens is 3. The van der Waals surface area contributed by atoms with Gasteiger partial charge >= 0.3 is 0 Å². The Morgan fingerprint density at radius 1 is 1.29 bits per heavy atom. The number of sulfonamides is 1. The first-order valence-corrected chi connectivity index (χ1v) is 8.96. The molecule has 3 rings (SSSR count). The number of nitrogens with zero attached hydrogens (tertiary/aromatic N) is 5. The van der Waals surface area contributed by atoms with Crippen LogP contribution in [-0.4, -0.2) is 66.0 Å². The zero-order valence-electron chi connectivity index (χ0n) is 13.3. The Bertz CT molecular complexity index is 756. The first-order chi connectivity index (χ1) is 11.6. The second-order valence-electron chi connectivity index (χ2n) is 5.41. The molecule has 130 valence electrons. The Hall–Kier alpha value is -1.88. The van der Waals surface area contributed by atoms with Crippen LogP contribution >= 0.6 is 0 Å². The molecular formula is C14H19N5O4S. The van der Waals surface area contributed by atoms with Gasteiger partial charge in [-0.1, -0.05) is 5.16 Å². The summed E-state index contributed by atoms with van der Waals surface area (Å²) in [4.78, 5) is 10.4. The smallest absolute Gasteiger partial charge is 0.244 e. The molecule has 0 saturated carbocycles. The van der Waals surface area contributed by atoms with Crippen LogP contribution in [0.25, 0.3) is 0 Å². The number of hydrogen-bond acceptors (Lipinski definition) is 8. The van der Waals surface area contributed by atoms with E-state index in [0.717, 1.165) is 0 Å². The van der Waals surface area contributed by atoms with E-state index in [1.165, 1.54) is 10.5 Å². The van der Waals surface area contributed by atoms with Crippen LogP contribution in [0.3, 0.4) is 0 Å². The van der Waals surface area contributed by atoms with Gasteiger partial charge in [0.15, 0.2) is 5.82 Å². The molecule has 9 nitrogen and oxygen atoms in total. The van der Waals surface area contributed by atoms with E-state index in [1.54, 1.807) is 25.4 Å². The predicted octanol–water partition coefficient (Wildman–Crippen LogP) is 0.118. The van der Waals surface area contributed by atoms with Crippen LogP contribution in [-0.2, 0) is 27.9 Å². The number of pyridine rings is 1. The lowest BCUT2D eigenvalue weighted by atomic mass is 10.3.